The van der Waals surface area contributed by atoms with Gasteiger partial charge in [-0.15, -0.1) is 0 Å². The monoisotopic (exact) mass is 652 g/mol. The fraction of sp³-hybridized carbons (Fsp3) is 0.250. The summed E-state index contributed by atoms with van der Waals surface area (Å²) in [6.07, 6.45) is 0. The molecule has 0 fully saturated rings. The van der Waals surface area contributed by atoms with E-state index in [4.69, 9.17) is 16.0 Å². The summed E-state index contributed by atoms with van der Waals surface area (Å²) in [5.74, 6) is 2.07. The molecular formula is C28H27Br2ClO6. The smallest absolute Gasteiger partial charge is 0.347 e. The Morgan fingerprint density at radius 2 is 1.35 bits per heavy atom. The number of hydrogen-bond acceptors (Lipinski definition) is 6. The van der Waals surface area contributed by atoms with E-state index in [1.54, 1.807) is 12.9 Å². The van der Waals surface area contributed by atoms with Gasteiger partial charge in [-0.3, -0.25) is 4.79 Å². The molecular weight excluding hydrogens is 628 g/mol. The first kappa shape index (κ1) is 32.3. The third-order valence-corrected chi connectivity index (χ3v) is 6.16. The largest absolute Gasteiger partial charge is 0.507 e. The van der Waals surface area contributed by atoms with Gasteiger partial charge in [0.15, 0.2) is 0 Å². The SMILES string of the molecule is CC(C)=O.Cc1cc(C)c(-c2c(O)cc(C)oc2=O)c(Br)c1.Cc1cc(C)c(C(=C=O)C(=O)Cl)c(Br)c1. The minimum Gasteiger partial charge on any atom is -0.507 e. The van der Waals surface area contributed by atoms with E-state index >= 15 is 0 Å². The van der Waals surface area contributed by atoms with Gasteiger partial charge in [-0.2, -0.15) is 0 Å². The van der Waals surface area contributed by atoms with Crippen LogP contribution in [0.4, 0.5) is 0 Å². The molecule has 2 aromatic carbocycles. The minimum atomic E-state index is -0.794. The molecule has 0 aliphatic rings. The van der Waals surface area contributed by atoms with Crippen LogP contribution in [0.2, 0.25) is 0 Å². The third kappa shape index (κ3) is 9.24. The first-order valence-electron chi connectivity index (χ1n) is 10.9. The number of aromatic hydroxyl groups is 1. The first-order chi connectivity index (χ1) is 17.1. The number of hydrogen-bond donors (Lipinski definition) is 1. The molecule has 0 aliphatic heterocycles. The molecule has 0 spiro atoms. The molecule has 196 valence electrons. The molecule has 0 bridgehead atoms. The maximum absolute atomic E-state index is 11.9. The molecule has 0 unspecified atom stereocenters. The van der Waals surface area contributed by atoms with Gasteiger partial charge < -0.3 is 14.3 Å². The number of aryl methyl sites for hydroxylation is 5. The second-order valence-electron chi connectivity index (χ2n) is 8.44. The van der Waals surface area contributed by atoms with Crippen LogP contribution in [0.25, 0.3) is 16.7 Å². The zero-order chi connectivity index (χ0) is 28.6. The maximum Gasteiger partial charge on any atom is 0.347 e. The average Bonchev–Trinajstić information content (AvgIpc) is 2.71. The summed E-state index contributed by atoms with van der Waals surface area (Å²) in [6.45, 7) is 12.3. The summed E-state index contributed by atoms with van der Waals surface area (Å²) in [6, 6.07) is 9.00. The molecule has 6 nitrogen and oxygen atoms in total. The van der Waals surface area contributed by atoms with Crippen molar-refractivity contribution in [3.8, 4) is 16.9 Å². The van der Waals surface area contributed by atoms with E-state index < -0.39 is 10.9 Å². The summed E-state index contributed by atoms with van der Waals surface area (Å²) >= 11 is 12.0. The molecule has 1 N–H and O–H groups in total. The van der Waals surface area contributed by atoms with Crippen LogP contribution < -0.4 is 5.63 Å². The van der Waals surface area contributed by atoms with E-state index in [-0.39, 0.29) is 22.7 Å². The van der Waals surface area contributed by atoms with Gasteiger partial charge in [-0.1, -0.05) is 44.0 Å². The molecule has 0 saturated heterocycles. The van der Waals surface area contributed by atoms with Crippen LogP contribution in [0.5, 0.6) is 5.75 Å². The first-order valence-corrected chi connectivity index (χ1v) is 12.9. The van der Waals surface area contributed by atoms with Crippen molar-refractivity contribution in [1.82, 2.24) is 0 Å². The van der Waals surface area contributed by atoms with Crippen LogP contribution in [0.1, 0.15) is 47.4 Å². The number of benzene rings is 2. The number of ketones is 1. The van der Waals surface area contributed by atoms with Gasteiger partial charge in [0, 0.05) is 26.1 Å². The Morgan fingerprint density at radius 1 is 0.865 bits per heavy atom. The number of halogens is 3. The topological polar surface area (TPSA) is 102 Å². The highest BCUT2D eigenvalue weighted by Crippen LogP contribution is 2.35. The lowest BCUT2D eigenvalue weighted by Gasteiger charge is -2.10. The summed E-state index contributed by atoms with van der Waals surface area (Å²) in [7, 11) is 0. The van der Waals surface area contributed by atoms with E-state index in [2.05, 4.69) is 31.9 Å². The van der Waals surface area contributed by atoms with Crippen molar-refractivity contribution >= 4 is 66.0 Å². The molecule has 0 radical (unpaired) electrons. The van der Waals surface area contributed by atoms with Crippen molar-refractivity contribution in [2.75, 3.05) is 0 Å². The molecule has 9 heteroatoms. The molecule has 1 heterocycles. The molecule has 0 saturated carbocycles. The maximum atomic E-state index is 11.9. The Bertz CT molecular complexity index is 1400. The van der Waals surface area contributed by atoms with Crippen molar-refractivity contribution in [2.24, 2.45) is 0 Å². The van der Waals surface area contributed by atoms with E-state index in [1.807, 2.05) is 52.0 Å². The highest BCUT2D eigenvalue weighted by Gasteiger charge is 2.18. The lowest BCUT2D eigenvalue weighted by molar-refractivity contribution is -0.115. The zero-order valence-electron chi connectivity index (χ0n) is 21.5. The van der Waals surface area contributed by atoms with Crippen LogP contribution in [0.3, 0.4) is 0 Å². The van der Waals surface area contributed by atoms with Gasteiger partial charge in [0.05, 0.1) is 0 Å². The standard InChI is InChI=1S/C14H13BrO3.C11H8BrClO2.C3H6O/c1-7-4-8(2)12(10(15)5-7)13-11(16)6-9(3)18-14(13)17;1-6-3-7(2)10(9(12)4-6)8(5-14)11(13)15;1-3(2)4/h4-6,16H,1-3H3;3-4H,1-2H3;1-2H3. The summed E-state index contributed by atoms with van der Waals surface area (Å²) in [4.78, 5) is 43.0. The predicted molar refractivity (Wildman–Crippen MR) is 154 cm³/mol. The van der Waals surface area contributed by atoms with E-state index in [9.17, 15) is 24.3 Å². The quantitative estimate of drug-likeness (QED) is 0.180. The van der Waals surface area contributed by atoms with Gasteiger partial charge >= 0.3 is 5.63 Å². The number of Topliss-reactive ketones (excluding diaryl/α,β-unsaturated/α-hetero) is 1. The Kier molecular flexibility index (Phi) is 12.4. The minimum absolute atomic E-state index is 0.0589. The Labute approximate surface area is 237 Å². The lowest BCUT2D eigenvalue weighted by atomic mass is 9.99. The molecule has 3 aromatic rings. The fourth-order valence-electron chi connectivity index (χ4n) is 3.48. The van der Waals surface area contributed by atoms with Crippen LogP contribution in [-0.2, 0) is 14.4 Å². The third-order valence-electron chi connectivity index (χ3n) is 4.72. The summed E-state index contributed by atoms with van der Waals surface area (Å²) < 4.78 is 6.49. The van der Waals surface area contributed by atoms with Crippen molar-refractivity contribution in [2.45, 2.75) is 48.5 Å². The zero-order valence-corrected chi connectivity index (χ0v) is 25.4. The van der Waals surface area contributed by atoms with E-state index in [0.29, 0.717) is 21.4 Å². The number of carbonyl (C=O) groups is 2. The number of allylic oxidation sites excluding steroid dienone is 1. The Balaban J connectivity index is 0.000000328. The molecule has 3 rings (SSSR count). The Hall–Kier alpha value is -2.77. The van der Waals surface area contributed by atoms with E-state index in [0.717, 1.165) is 26.7 Å². The predicted octanol–water partition coefficient (Wildman–Crippen LogP) is 7.34. The number of carbonyl (C=O) groups excluding carboxylic acids is 3. The van der Waals surface area contributed by atoms with Gasteiger partial charge in [0.2, 0.25) is 0 Å². The van der Waals surface area contributed by atoms with Gasteiger partial charge in [-0.05, 0) is 94.5 Å². The molecule has 1 aromatic heterocycles. The van der Waals surface area contributed by atoms with Gasteiger partial charge in [0.25, 0.3) is 5.24 Å². The molecule has 0 aliphatic carbocycles. The average molecular weight is 655 g/mol. The van der Waals surface area contributed by atoms with Crippen LogP contribution in [0, 0.1) is 34.6 Å². The van der Waals surface area contributed by atoms with E-state index in [1.165, 1.54) is 19.9 Å². The van der Waals surface area contributed by atoms with Crippen molar-refractivity contribution in [1.29, 1.82) is 0 Å². The van der Waals surface area contributed by atoms with Crippen LogP contribution >= 0.6 is 43.5 Å². The molecule has 0 atom stereocenters. The molecule has 37 heavy (non-hydrogen) atoms. The van der Waals surface area contributed by atoms with Crippen LogP contribution in [0.15, 0.2) is 48.5 Å². The Morgan fingerprint density at radius 3 is 1.76 bits per heavy atom. The normalized spacial score (nSPS) is 9.78. The summed E-state index contributed by atoms with van der Waals surface area (Å²) in [5.41, 5.74) is 4.56. The lowest BCUT2D eigenvalue weighted by Crippen LogP contribution is -2.05. The van der Waals surface area contributed by atoms with Gasteiger partial charge in [0.1, 0.15) is 34.4 Å². The van der Waals surface area contributed by atoms with Crippen molar-refractivity contribution < 1.29 is 23.9 Å². The fourth-order valence-corrected chi connectivity index (χ4v) is 5.36. The highest BCUT2D eigenvalue weighted by molar-refractivity contribution is 9.10. The van der Waals surface area contributed by atoms with Crippen LogP contribution in [-0.4, -0.2) is 22.1 Å². The van der Waals surface area contributed by atoms with Crippen molar-refractivity contribution in [3.63, 3.8) is 0 Å². The van der Waals surface area contributed by atoms with Crippen molar-refractivity contribution in [3.05, 3.63) is 83.3 Å². The second kappa shape index (κ2) is 14.2. The number of rotatable bonds is 3. The second-order valence-corrected chi connectivity index (χ2v) is 10.5. The summed E-state index contributed by atoms with van der Waals surface area (Å²) in [5, 5.41) is 9.17. The van der Waals surface area contributed by atoms with Gasteiger partial charge in [-0.25, -0.2) is 9.59 Å². The molecule has 0 amide bonds. The highest BCUT2D eigenvalue weighted by atomic mass is 79.9.